The zero-order valence-electron chi connectivity index (χ0n) is 15.5. The molecule has 3 heterocycles. The molecule has 0 aliphatic carbocycles. The van der Waals surface area contributed by atoms with Gasteiger partial charge in [0.2, 0.25) is 0 Å². The summed E-state index contributed by atoms with van der Waals surface area (Å²) in [6, 6.07) is 9.32. The molecule has 2 atom stereocenters. The second-order valence-electron chi connectivity index (χ2n) is 7.56. The summed E-state index contributed by atoms with van der Waals surface area (Å²) in [5.41, 5.74) is 4.19. The van der Waals surface area contributed by atoms with Crippen molar-refractivity contribution in [2.75, 3.05) is 26.8 Å². The molecule has 1 aromatic heterocycles. The molecule has 136 valence electrons. The molecule has 0 radical (unpaired) electrons. The fourth-order valence-electron chi connectivity index (χ4n) is 4.58. The normalized spacial score (nSPS) is 26.8. The zero-order chi connectivity index (χ0) is 17.2. The van der Waals surface area contributed by atoms with E-state index in [0.717, 1.165) is 45.4 Å². The number of aromatic amines is 1. The van der Waals surface area contributed by atoms with Gasteiger partial charge >= 0.3 is 0 Å². The Hall–Kier alpha value is -1.36. The third-order valence-electron chi connectivity index (χ3n) is 6.08. The molecule has 1 N–H and O–H groups in total. The van der Waals surface area contributed by atoms with Crippen LogP contribution in [-0.2, 0) is 22.3 Å². The maximum absolute atomic E-state index is 5.88. The number of aromatic nitrogens is 1. The quantitative estimate of drug-likeness (QED) is 0.903. The molecular formula is C21H30N2O2. The van der Waals surface area contributed by atoms with Gasteiger partial charge < -0.3 is 19.4 Å². The summed E-state index contributed by atoms with van der Waals surface area (Å²) in [5, 5.41) is 1.39. The van der Waals surface area contributed by atoms with Gasteiger partial charge in [-0.3, -0.25) is 0 Å². The van der Waals surface area contributed by atoms with E-state index in [2.05, 4.69) is 48.1 Å². The first-order chi connectivity index (χ1) is 12.3. The van der Waals surface area contributed by atoms with Gasteiger partial charge in [0.25, 0.3) is 0 Å². The molecule has 0 unspecified atom stereocenters. The van der Waals surface area contributed by atoms with Crippen molar-refractivity contribution in [1.29, 1.82) is 0 Å². The maximum Gasteiger partial charge on any atom is 0.160 e. The van der Waals surface area contributed by atoms with E-state index < -0.39 is 0 Å². The van der Waals surface area contributed by atoms with E-state index in [9.17, 15) is 0 Å². The van der Waals surface area contributed by atoms with Gasteiger partial charge in [-0.2, -0.15) is 0 Å². The molecule has 0 bridgehead atoms. The summed E-state index contributed by atoms with van der Waals surface area (Å²) in [4.78, 5) is 6.22. The van der Waals surface area contributed by atoms with Crippen LogP contribution < -0.4 is 0 Å². The van der Waals surface area contributed by atoms with Crippen molar-refractivity contribution in [1.82, 2.24) is 9.88 Å². The second kappa shape index (κ2) is 7.48. The number of nitrogens with zero attached hydrogens (tertiary/aromatic N) is 1. The van der Waals surface area contributed by atoms with Crippen molar-refractivity contribution >= 4 is 10.9 Å². The van der Waals surface area contributed by atoms with Crippen LogP contribution in [0.1, 0.15) is 37.4 Å². The number of likely N-dealkylation sites (N-methyl/N-ethyl adjacent to an activating group) is 1. The number of rotatable bonds is 2. The molecule has 4 heteroatoms. The lowest BCUT2D eigenvalue weighted by molar-refractivity contribution is -0.0926. The highest BCUT2D eigenvalue weighted by Gasteiger charge is 2.31. The lowest BCUT2D eigenvalue weighted by atomic mass is 9.89. The number of hydrogen-bond donors (Lipinski definition) is 1. The topological polar surface area (TPSA) is 37.5 Å². The van der Waals surface area contributed by atoms with Crippen molar-refractivity contribution in [2.24, 2.45) is 5.92 Å². The smallest absolute Gasteiger partial charge is 0.160 e. The molecule has 25 heavy (non-hydrogen) atoms. The van der Waals surface area contributed by atoms with E-state index in [-0.39, 0.29) is 6.29 Å². The average molecular weight is 342 g/mol. The fraction of sp³-hybridized carbons (Fsp3) is 0.619. The Kier molecular flexibility index (Phi) is 5.11. The molecule has 0 spiro atoms. The van der Waals surface area contributed by atoms with Crippen LogP contribution >= 0.6 is 0 Å². The molecule has 0 saturated carbocycles. The maximum atomic E-state index is 5.88. The van der Waals surface area contributed by atoms with Crippen LogP contribution in [-0.4, -0.2) is 49.0 Å². The Morgan fingerprint density at radius 1 is 1.16 bits per heavy atom. The third-order valence-corrected chi connectivity index (χ3v) is 6.08. The van der Waals surface area contributed by atoms with E-state index >= 15 is 0 Å². The average Bonchev–Trinajstić information content (AvgIpc) is 3.27. The minimum Gasteiger partial charge on any atom is -0.358 e. The molecule has 4 rings (SSSR count). The highest BCUT2D eigenvalue weighted by atomic mass is 16.7. The first-order valence-corrected chi connectivity index (χ1v) is 9.78. The van der Waals surface area contributed by atoms with Gasteiger partial charge in [0, 0.05) is 35.1 Å². The van der Waals surface area contributed by atoms with Gasteiger partial charge in [0.1, 0.15) is 0 Å². The Balaban J connectivity index is 1.65. The molecule has 4 nitrogen and oxygen atoms in total. The first-order valence-electron chi connectivity index (χ1n) is 9.78. The number of nitrogens with one attached hydrogen (secondary N) is 1. The molecule has 1 saturated heterocycles. The molecule has 1 fully saturated rings. The Labute approximate surface area is 150 Å². The van der Waals surface area contributed by atoms with Crippen LogP contribution in [0, 0.1) is 5.92 Å². The van der Waals surface area contributed by atoms with E-state index in [1.54, 1.807) is 0 Å². The van der Waals surface area contributed by atoms with Crippen LogP contribution in [0.3, 0.4) is 0 Å². The van der Waals surface area contributed by atoms with Gasteiger partial charge in [0.05, 0.1) is 13.2 Å². The van der Waals surface area contributed by atoms with Crippen LogP contribution in [0.15, 0.2) is 24.3 Å². The summed E-state index contributed by atoms with van der Waals surface area (Å²) < 4.78 is 11.8. The van der Waals surface area contributed by atoms with E-state index in [0.29, 0.717) is 12.0 Å². The van der Waals surface area contributed by atoms with Crippen molar-refractivity contribution in [3.8, 4) is 0 Å². The molecule has 0 amide bonds. The zero-order valence-corrected chi connectivity index (χ0v) is 15.5. The minimum atomic E-state index is -0.0188. The molecule has 2 aliphatic rings. The number of hydrogen-bond acceptors (Lipinski definition) is 3. The molecule has 1 aromatic carbocycles. The summed E-state index contributed by atoms with van der Waals surface area (Å²) in [7, 11) is 2.28. The number of fused-ring (bicyclic) bond motifs is 3. The Morgan fingerprint density at radius 2 is 1.96 bits per heavy atom. The van der Waals surface area contributed by atoms with Crippen molar-refractivity contribution in [3.63, 3.8) is 0 Å². The standard InChI is InChI=1S/C21H30N2O2/c1-3-16-14-15(21-24-12-13-25-21)8-9-20-18(10-11-23(16)2)17-6-4-5-7-19(17)22-20/h4-7,15-16,21-22H,3,8-14H2,1-2H3/t15-,16-/m0/s1. The van der Waals surface area contributed by atoms with E-state index in [4.69, 9.17) is 9.47 Å². The lowest BCUT2D eigenvalue weighted by Gasteiger charge is -2.33. The first kappa shape index (κ1) is 17.1. The van der Waals surface area contributed by atoms with Crippen LogP contribution in [0.5, 0.6) is 0 Å². The lowest BCUT2D eigenvalue weighted by Crippen LogP contribution is -2.38. The summed E-state index contributed by atoms with van der Waals surface area (Å²) in [6.07, 6.45) is 5.64. The SMILES string of the molecule is CC[C@H]1C[C@@H](C2OCCO2)CCc2[nH]c3ccccc3c2CCN1C. The Bertz CT molecular complexity index is 705. The van der Waals surface area contributed by atoms with Crippen LogP contribution in [0.25, 0.3) is 10.9 Å². The summed E-state index contributed by atoms with van der Waals surface area (Å²) in [5.74, 6) is 0.465. The third kappa shape index (κ3) is 3.48. The van der Waals surface area contributed by atoms with Crippen molar-refractivity contribution in [3.05, 3.63) is 35.5 Å². The van der Waals surface area contributed by atoms with Gasteiger partial charge in [-0.05, 0) is 50.8 Å². The second-order valence-corrected chi connectivity index (χ2v) is 7.56. The highest BCUT2D eigenvalue weighted by molar-refractivity contribution is 5.84. The van der Waals surface area contributed by atoms with Crippen molar-refractivity contribution < 1.29 is 9.47 Å². The monoisotopic (exact) mass is 342 g/mol. The van der Waals surface area contributed by atoms with E-state index in [1.807, 2.05) is 0 Å². The highest BCUT2D eigenvalue weighted by Crippen LogP contribution is 2.31. The summed E-state index contributed by atoms with van der Waals surface area (Å²) >= 11 is 0. The molecule has 2 aromatic rings. The minimum absolute atomic E-state index is 0.0188. The van der Waals surface area contributed by atoms with Gasteiger partial charge in [-0.15, -0.1) is 0 Å². The number of benzene rings is 1. The van der Waals surface area contributed by atoms with Gasteiger partial charge in [-0.1, -0.05) is 25.1 Å². The fourth-order valence-corrected chi connectivity index (χ4v) is 4.58. The number of para-hydroxylation sites is 1. The summed E-state index contributed by atoms with van der Waals surface area (Å²) in [6.45, 7) is 4.89. The number of H-pyrrole nitrogens is 1. The van der Waals surface area contributed by atoms with Crippen molar-refractivity contribution in [2.45, 2.75) is 51.4 Å². The number of ether oxygens (including phenoxy) is 2. The van der Waals surface area contributed by atoms with Crippen LogP contribution in [0.4, 0.5) is 0 Å². The predicted molar refractivity (Wildman–Crippen MR) is 101 cm³/mol. The van der Waals surface area contributed by atoms with Gasteiger partial charge in [0.15, 0.2) is 6.29 Å². The Morgan fingerprint density at radius 3 is 2.76 bits per heavy atom. The van der Waals surface area contributed by atoms with Crippen LogP contribution in [0.2, 0.25) is 0 Å². The number of aryl methyl sites for hydroxylation is 1. The molecular weight excluding hydrogens is 312 g/mol. The largest absolute Gasteiger partial charge is 0.358 e. The molecule has 2 aliphatic heterocycles. The predicted octanol–water partition coefficient (Wildman–Crippen LogP) is 3.75. The van der Waals surface area contributed by atoms with Gasteiger partial charge in [-0.25, -0.2) is 0 Å². The van der Waals surface area contributed by atoms with E-state index in [1.165, 1.54) is 28.6 Å².